The molecule has 0 spiro atoms. The smallest absolute Gasteiger partial charge is 0.00961 e. The first kappa shape index (κ1) is 11.4. The molecule has 3 unspecified atom stereocenters. The van der Waals surface area contributed by atoms with Crippen molar-refractivity contribution >= 4 is 0 Å². The van der Waals surface area contributed by atoms with Gasteiger partial charge in [-0.15, -0.1) is 0 Å². The van der Waals surface area contributed by atoms with Crippen molar-refractivity contribution in [1.29, 1.82) is 0 Å². The molecule has 15 heavy (non-hydrogen) atoms. The molecule has 0 amide bonds. The van der Waals surface area contributed by atoms with Gasteiger partial charge in [0.15, 0.2) is 0 Å². The van der Waals surface area contributed by atoms with Gasteiger partial charge in [-0.3, -0.25) is 4.90 Å². The lowest BCUT2D eigenvalue weighted by Crippen LogP contribution is -2.49. The molecule has 0 aromatic heterocycles. The van der Waals surface area contributed by atoms with Gasteiger partial charge in [-0.2, -0.15) is 0 Å². The molecule has 2 saturated heterocycles. The molecule has 0 radical (unpaired) electrons. The molecule has 2 aliphatic rings. The van der Waals surface area contributed by atoms with Crippen LogP contribution in [0.25, 0.3) is 0 Å². The molecule has 2 heteroatoms. The van der Waals surface area contributed by atoms with Crippen LogP contribution < -0.4 is 5.32 Å². The first-order valence-electron chi connectivity index (χ1n) is 6.68. The molecule has 2 heterocycles. The lowest BCUT2D eigenvalue weighted by atomic mass is 9.88. The average Bonchev–Trinajstić information content (AvgIpc) is 2.45. The van der Waals surface area contributed by atoms with Crippen LogP contribution in [-0.4, -0.2) is 36.6 Å². The molecule has 0 saturated carbocycles. The third kappa shape index (κ3) is 2.36. The highest BCUT2D eigenvalue weighted by molar-refractivity contribution is 4.88. The molecule has 2 rings (SSSR count). The van der Waals surface area contributed by atoms with Crippen LogP contribution in [0.15, 0.2) is 0 Å². The number of hydrogen-bond donors (Lipinski definition) is 1. The van der Waals surface area contributed by atoms with Gasteiger partial charge < -0.3 is 5.32 Å². The standard InChI is InChI=1S/C13H26N2/c1-4-13-6-5-11(3)15(13)9-10(2)12-7-14-8-12/h10-14H,4-9H2,1-3H3. The third-order valence-electron chi connectivity index (χ3n) is 4.54. The number of hydrogen-bond acceptors (Lipinski definition) is 2. The van der Waals surface area contributed by atoms with Crippen LogP contribution in [0.5, 0.6) is 0 Å². The summed E-state index contributed by atoms with van der Waals surface area (Å²) in [5.74, 6) is 1.82. The van der Waals surface area contributed by atoms with Crippen LogP contribution in [0.1, 0.15) is 40.0 Å². The highest BCUT2D eigenvalue weighted by Gasteiger charge is 2.32. The summed E-state index contributed by atoms with van der Waals surface area (Å²) in [5.41, 5.74) is 0. The number of rotatable bonds is 4. The molecule has 2 nitrogen and oxygen atoms in total. The predicted octanol–water partition coefficient (Wildman–Crippen LogP) is 2.10. The lowest BCUT2D eigenvalue weighted by molar-refractivity contribution is 0.128. The van der Waals surface area contributed by atoms with Gasteiger partial charge in [0.05, 0.1) is 0 Å². The fourth-order valence-corrected chi connectivity index (χ4v) is 3.09. The van der Waals surface area contributed by atoms with Crippen molar-refractivity contribution in [2.75, 3.05) is 19.6 Å². The van der Waals surface area contributed by atoms with E-state index in [9.17, 15) is 0 Å². The van der Waals surface area contributed by atoms with Crippen LogP contribution in [-0.2, 0) is 0 Å². The maximum Gasteiger partial charge on any atom is 0.00961 e. The Kier molecular flexibility index (Phi) is 3.68. The molecule has 0 aromatic carbocycles. The van der Waals surface area contributed by atoms with E-state index in [1.807, 2.05) is 0 Å². The summed E-state index contributed by atoms with van der Waals surface area (Å²) in [5, 5.41) is 3.38. The van der Waals surface area contributed by atoms with E-state index in [0.29, 0.717) is 0 Å². The van der Waals surface area contributed by atoms with Crippen LogP contribution in [0.4, 0.5) is 0 Å². The Bertz CT molecular complexity index is 201. The molecule has 1 N–H and O–H groups in total. The number of nitrogens with zero attached hydrogens (tertiary/aromatic N) is 1. The first-order chi connectivity index (χ1) is 7.22. The molecule has 3 atom stereocenters. The van der Waals surface area contributed by atoms with E-state index in [1.54, 1.807) is 0 Å². The minimum absolute atomic E-state index is 0.824. The fourth-order valence-electron chi connectivity index (χ4n) is 3.09. The van der Waals surface area contributed by atoms with Crippen molar-refractivity contribution in [3.05, 3.63) is 0 Å². The van der Waals surface area contributed by atoms with Gasteiger partial charge in [0.2, 0.25) is 0 Å². The second-order valence-electron chi connectivity index (χ2n) is 5.58. The van der Waals surface area contributed by atoms with Crippen molar-refractivity contribution < 1.29 is 0 Å². The van der Waals surface area contributed by atoms with E-state index in [-0.39, 0.29) is 0 Å². The van der Waals surface area contributed by atoms with Gasteiger partial charge in [0.25, 0.3) is 0 Å². The second kappa shape index (κ2) is 4.84. The molecule has 88 valence electrons. The van der Waals surface area contributed by atoms with Crippen molar-refractivity contribution in [2.45, 2.75) is 52.1 Å². The Morgan fingerprint density at radius 1 is 1.33 bits per heavy atom. The fraction of sp³-hybridized carbons (Fsp3) is 1.00. The van der Waals surface area contributed by atoms with Gasteiger partial charge in [-0.25, -0.2) is 0 Å². The van der Waals surface area contributed by atoms with Crippen molar-refractivity contribution in [3.63, 3.8) is 0 Å². The molecule has 0 bridgehead atoms. The summed E-state index contributed by atoms with van der Waals surface area (Å²) >= 11 is 0. The van der Waals surface area contributed by atoms with Crippen molar-refractivity contribution in [3.8, 4) is 0 Å². The van der Waals surface area contributed by atoms with Gasteiger partial charge in [0, 0.05) is 18.6 Å². The summed E-state index contributed by atoms with van der Waals surface area (Å²) in [4.78, 5) is 2.77. The molecule has 0 aliphatic carbocycles. The first-order valence-corrected chi connectivity index (χ1v) is 6.68. The topological polar surface area (TPSA) is 15.3 Å². The van der Waals surface area contributed by atoms with Crippen molar-refractivity contribution in [2.24, 2.45) is 11.8 Å². The summed E-state index contributed by atoms with van der Waals surface area (Å²) in [6.45, 7) is 11.0. The highest BCUT2D eigenvalue weighted by Crippen LogP contribution is 2.28. The minimum atomic E-state index is 0.824. The van der Waals surface area contributed by atoms with Crippen LogP contribution >= 0.6 is 0 Å². The predicted molar refractivity (Wildman–Crippen MR) is 65.0 cm³/mol. The van der Waals surface area contributed by atoms with E-state index < -0.39 is 0 Å². The maximum atomic E-state index is 3.38. The SMILES string of the molecule is CCC1CCC(C)N1CC(C)C1CNC1. The highest BCUT2D eigenvalue weighted by atomic mass is 15.2. The molecular weight excluding hydrogens is 184 g/mol. The molecular formula is C13H26N2. The van der Waals surface area contributed by atoms with E-state index in [0.717, 1.165) is 23.9 Å². The van der Waals surface area contributed by atoms with Crippen LogP contribution in [0.3, 0.4) is 0 Å². The second-order valence-corrected chi connectivity index (χ2v) is 5.58. The van der Waals surface area contributed by atoms with Gasteiger partial charge >= 0.3 is 0 Å². The average molecular weight is 210 g/mol. The summed E-state index contributed by atoms with van der Waals surface area (Å²) in [6.07, 6.45) is 4.17. The normalized spacial score (nSPS) is 35.4. The Morgan fingerprint density at radius 3 is 2.60 bits per heavy atom. The largest absolute Gasteiger partial charge is 0.316 e. The monoisotopic (exact) mass is 210 g/mol. The van der Waals surface area contributed by atoms with E-state index in [1.165, 1.54) is 38.9 Å². The quantitative estimate of drug-likeness (QED) is 0.764. The Labute approximate surface area is 94.4 Å². The molecule has 2 aliphatic heterocycles. The van der Waals surface area contributed by atoms with Crippen LogP contribution in [0, 0.1) is 11.8 Å². The van der Waals surface area contributed by atoms with Gasteiger partial charge in [0.1, 0.15) is 0 Å². The Hall–Kier alpha value is -0.0800. The summed E-state index contributed by atoms with van der Waals surface area (Å²) in [7, 11) is 0. The Morgan fingerprint density at radius 2 is 2.07 bits per heavy atom. The maximum absolute atomic E-state index is 3.38. The zero-order valence-electron chi connectivity index (χ0n) is 10.5. The number of likely N-dealkylation sites (tertiary alicyclic amines) is 1. The Balaban J connectivity index is 1.85. The summed E-state index contributed by atoms with van der Waals surface area (Å²) < 4.78 is 0. The third-order valence-corrected chi connectivity index (χ3v) is 4.54. The van der Waals surface area contributed by atoms with Gasteiger partial charge in [-0.1, -0.05) is 13.8 Å². The number of nitrogens with one attached hydrogen (secondary N) is 1. The zero-order chi connectivity index (χ0) is 10.8. The van der Waals surface area contributed by atoms with E-state index >= 15 is 0 Å². The molecule has 2 fully saturated rings. The van der Waals surface area contributed by atoms with E-state index in [4.69, 9.17) is 0 Å². The lowest BCUT2D eigenvalue weighted by Gasteiger charge is -2.37. The zero-order valence-corrected chi connectivity index (χ0v) is 10.5. The summed E-state index contributed by atoms with van der Waals surface area (Å²) in [6, 6.07) is 1.70. The van der Waals surface area contributed by atoms with Crippen LogP contribution in [0.2, 0.25) is 0 Å². The van der Waals surface area contributed by atoms with E-state index in [2.05, 4.69) is 31.0 Å². The minimum Gasteiger partial charge on any atom is -0.316 e. The van der Waals surface area contributed by atoms with Crippen molar-refractivity contribution in [1.82, 2.24) is 10.2 Å². The van der Waals surface area contributed by atoms with Gasteiger partial charge in [-0.05, 0) is 51.1 Å². The molecule has 0 aromatic rings.